The summed E-state index contributed by atoms with van der Waals surface area (Å²) in [5, 5.41) is 5.64. The number of nitrogens with one attached hydrogen (secondary N) is 2. The van der Waals surface area contributed by atoms with Crippen molar-refractivity contribution in [2.24, 2.45) is 0 Å². The summed E-state index contributed by atoms with van der Waals surface area (Å²) in [5.41, 5.74) is 1.03. The van der Waals surface area contributed by atoms with Gasteiger partial charge in [0.1, 0.15) is 5.82 Å². The first kappa shape index (κ1) is 18.0. The second kappa shape index (κ2) is 7.23. The summed E-state index contributed by atoms with van der Waals surface area (Å²) in [6, 6.07) is 9.44. The smallest absolute Gasteiger partial charge is 0.354 e. The van der Waals surface area contributed by atoms with Crippen LogP contribution in [-0.2, 0) is 6.18 Å². The Labute approximate surface area is 149 Å². The fourth-order valence-corrected chi connectivity index (χ4v) is 2.82. The van der Waals surface area contributed by atoms with E-state index < -0.39 is 11.7 Å². The molecule has 1 aliphatic heterocycles. The van der Waals surface area contributed by atoms with Gasteiger partial charge in [-0.05, 0) is 37.6 Å². The molecule has 2 N–H and O–H groups in total. The number of aryl methyl sites for hydroxylation is 1. The van der Waals surface area contributed by atoms with Crippen LogP contribution in [0.25, 0.3) is 0 Å². The van der Waals surface area contributed by atoms with Gasteiger partial charge in [0, 0.05) is 31.0 Å². The molecule has 1 fully saturated rings. The van der Waals surface area contributed by atoms with Gasteiger partial charge in [-0.3, -0.25) is 0 Å². The van der Waals surface area contributed by atoms with E-state index in [9.17, 15) is 18.0 Å². The van der Waals surface area contributed by atoms with E-state index in [-0.39, 0.29) is 12.1 Å². The number of aromatic nitrogens is 1. The molecule has 2 heterocycles. The van der Waals surface area contributed by atoms with Crippen molar-refractivity contribution in [1.82, 2.24) is 10.3 Å². The van der Waals surface area contributed by atoms with Gasteiger partial charge in [0.15, 0.2) is 0 Å². The van der Waals surface area contributed by atoms with Crippen LogP contribution in [0.15, 0.2) is 42.6 Å². The average Bonchev–Trinajstić information content (AvgIpc) is 3.04. The molecular formula is C18H19F3N4O. The highest BCUT2D eigenvalue weighted by Crippen LogP contribution is 2.29. The molecular weight excluding hydrogens is 345 g/mol. The molecule has 1 unspecified atom stereocenters. The van der Waals surface area contributed by atoms with Crippen LogP contribution in [0, 0.1) is 6.92 Å². The largest absolute Gasteiger partial charge is 0.417 e. The number of amides is 2. The van der Waals surface area contributed by atoms with Gasteiger partial charge >= 0.3 is 12.2 Å². The van der Waals surface area contributed by atoms with E-state index in [4.69, 9.17) is 0 Å². The summed E-state index contributed by atoms with van der Waals surface area (Å²) < 4.78 is 37.8. The maximum atomic E-state index is 12.6. The summed E-state index contributed by atoms with van der Waals surface area (Å²) in [6.45, 7) is 3.08. The number of alkyl halides is 3. The van der Waals surface area contributed by atoms with E-state index in [2.05, 4.69) is 15.6 Å². The first-order valence-electron chi connectivity index (χ1n) is 8.23. The molecule has 138 valence electrons. The first-order valence-corrected chi connectivity index (χ1v) is 8.23. The van der Waals surface area contributed by atoms with Crippen molar-refractivity contribution < 1.29 is 18.0 Å². The highest BCUT2D eigenvalue weighted by Gasteiger charge is 2.31. The van der Waals surface area contributed by atoms with Crippen LogP contribution in [0.3, 0.4) is 0 Å². The fourth-order valence-electron chi connectivity index (χ4n) is 2.82. The van der Waals surface area contributed by atoms with E-state index in [1.807, 2.05) is 36.1 Å². The van der Waals surface area contributed by atoms with Crippen molar-refractivity contribution in [3.8, 4) is 0 Å². The quantitative estimate of drug-likeness (QED) is 0.871. The van der Waals surface area contributed by atoms with Gasteiger partial charge in [0.25, 0.3) is 0 Å². The van der Waals surface area contributed by atoms with Crippen LogP contribution in [-0.4, -0.2) is 30.1 Å². The molecule has 1 aliphatic rings. The number of rotatable bonds is 3. The van der Waals surface area contributed by atoms with Gasteiger partial charge in [-0.2, -0.15) is 13.2 Å². The maximum absolute atomic E-state index is 12.6. The van der Waals surface area contributed by atoms with E-state index in [0.29, 0.717) is 31.0 Å². The van der Waals surface area contributed by atoms with Gasteiger partial charge in [0.05, 0.1) is 5.56 Å². The van der Waals surface area contributed by atoms with Gasteiger partial charge in [-0.1, -0.05) is 17.7 Å². The third kappa shape index (κ3) is 4.44. The zero-order valence-electron chi connectivity index (χ0n) is 14.2. The molecule has 2 amide bonds. The minimum absolute atomic E-state index is 0.0930. The van der Waals surface area contributed by atoms with Crippen LogP contribution >= 0.6 is 0 Å². The zero-order valence-corrected chi connectivity index (χ0v) is 14.2. The van der Waals surface area contributed by atoms with Gasteiger partial charge in [-0.15, -0.1) is 0 Å². The van der Waals surface area contributed by atoms with Crippen molar-refractivity contribution in [1.29, 1.82) is 0 Å². The number of urea groups is 1. The number of hydrogen-bond donors (Lipinski definition) is 2. The molecule has 0 aliphatic carbocycles. The molecule has 5 nitrogen and oxygen atoms in total. The molecule has 0 saturated carbocycles. The Hall–Kier alpha value is -2.77. The van der Waals surface area contributed by atoms with E-state index in [1.54, 1.807) is 0 Å². The average molecular weight is 364 g/mol. The summed E-state index contributed by atoms with van der Waals surface area (Å²) >= 11 is 0. The van der Waals surface area contributed by atoms with Gasteiger partial charge in [0.2, 0.25) is 0 Å². The van der Waals surface area contributed by atoms with Crippen molar-refractivity contribution in [3.05, 3.63) is 53.7 Å². The van der Waals surface area contributed by atoms with E-state index in [0.717, 1.165) is 17.8 Å². The standard InChI is InChI=1S/C18H19F3N4O/c1-12-2-5-14(6-3-12)23-17(26)24-15-8-9-25(11-15)16-7-4-13(10-22-16)18(19,20)21/h2-7,10,15H,8-9,11H2,1H3,(H2,23,24,26). The topological polar surface area (TPSA) is 57.3 Å². The number of nitrogens with zero attached hydrogens (tertiary/aromatic N) is 2. The Morgan fingerprint density at radius 2 is 1.92 bits per heavy atom. The SMILES string of the molecule is Cc1ccc(NC(=O)NC2CCN(c3ccc(C(F)(F)F)cn3)C2)cc1. The highest BCUT2D eigenvalue weighted by atomic mass is 19.4. The lowest BCUT2D eigenvalue weighted by Crippen LogP contribution is -2.39. The molecule has 2 aromatic rings. The van der Waals surface area contributed by atoms with E-state index >= 15 is 0 Å². The number of carbonyl (C=O) groups is 1. The lowest BCUT2D eigenvalue weighted by molar-refractivity contribution is -0.137. The van der Waals surface area contributed by atoms with Crippen LogP contribution in [0.2, 0.25) is 0 Å². The molecule has 3 rings (SSSR count). The molecule has 1 aromatic carbocycles. The molecule has 0 spiro atoms. The molecule has 8 heteroatoms. The lowest BCUT2D eigenvalue weighted by atomic mass is 10.2. The second-order valence-corrected chi connectivity index (χ2v) is 6.30. The number of carbonyl (C=O) groups excluding carboxylic acids is 1. The predicted molar refractivity (Wildman–Crippen MR) is 93.2 cm³/mol. The number of pyridine rings is 1. The zero-order chi connectivity index (χ0) is 18.7. The lowest BCUT2D eigenvalue weighted by Gasteiger charge is -2.18. The van der Waals surface area contributed by atoms with Crippen molar-refractivity contribution >= 4 is 17.5 Å². The summed E-state index contributed by atoms with van der Waals surface area (Å²) in [7, 11) is 0. The highest BCUT2D eigenvalue weighted by molar-refractivity contribution is 5.89. The molecule has 1 aromatic heterocycles. The van der Waals surface area contributed by atoms with Crippen LogP contribution in [0.4, 0.5) is 29.5 Å². The third-order valence-corrected chi connectivity index (χ3v) is 4.23. The van der Waals surface area contributed by atoms with E-state index in [1.165, 1.54) is 6.07 Å². The Morgan fingerprint density at radius 1 is 1.19 bits per heavy atom. The fraction of sp³-hybridized carbons (Fsp3) is 0.333. The Balaban J connectivity index is 1.53. The third-order valence-electron chi connectivity index (χ3n) is 4.23. The van der Waals surface area contributed by atoms with Crippen molar-refractivity contribution in [2.45, 2.75) is 25.6 Å². The van der Waals surface area contributed by atoms with Crippen molar-refractivity contribution in [2.75, 3.05) is 23.3 Å². The first-order chi connectivity index (χ1) is 12.3. The van der Waals surface area contributed by atoms with Crippen LogP contribution in [0.1, 0.15) is 17.5 Å². The Morgan fingerprint density at radius 3 is 2.54 bits per heavy atom. The summed E-state index contributed by atoms with van der Waals surface area (Å²) in [6.07, 6.45) is -2.86. The summed E-state index contributed by atoms with van der Waals surface area (Å²) in [4.78, 5) is 17.8. The molecule has 1 saturated heterocycles. The minimum atomic E-state index is -4.39. The second-order valence-electron chi connectivity index (χ2n) is 6.30. The summed E-state index contributed by atoms with van der Waals surface area (Å²) in [5.74, 6) is 0.473. The maximum Gasteiger partial charge on any atom is 0.417 e. The number of anilines is 2. The number of benzene rings is 1. The molecule has 0 bridgehead atoms. The van der Waals surface area contributed by atoms with Crippen molar-refractivity contribution in [3.63, 3.8) is 0 Å². The minimum Gasteiger partial charge on any atom is -0.354 e. The number of halogens is 3. The Kier molecular flexibility index (Phi) is 5.01. The van der Waals surface area contributed by atoms with Crippen LogP contribution in [0.5, 0.6) is 0 Å². The van der Waals surface area contributed by atoms with Gasteiger partial charge < -0.3 is 15.5 Å². The van der Waals surface area contributed by atoms with Crippen LogP contribution < -0.4 is 15.5 Å². The Bertz CT molecular complexity index is 760. The number of hydrogen-bond acceptors (Lipinski definition) is 3. The normalized spacial score (nSPS) is 17.2. The molecule has 1 atom stereocenters. The van der Waals surface area contributed by atoms with Gasteiger partial charge in [-0.25, -0.2) is 9.78 Å². The monoisotopic (exact) mass is 364 g/mol. The predicted octanol–water partition coefficient (Wildman–Crippen LogP) is 3.81. The molecule has 0 radical (unpaired) electrons. The molecule has 26 heavy (non-hydrogen) atoms.